The van der Waals surface area contributed by atoms with Crippen LogP contribution in [0.3, 0.4) is 0 Å². The number of thiophene rings is 2. The van der Waals surface area contributed by atoms with Gasteiger partial charge in [0.05, 0.1) is 6.61 Å². The van der Waals surface area contributed by atoms with Gasteiger partial charge in [0.25, 0.3) is 0 Å². The van der Waals surface area contributed by atoms with E-state index in [9.17, 15) is 0 Å². The lowest BCUT2D eigenvalue weighted by molar-refractivity contribution is 0.185. The maximum Gasteiger partial charge on any atom is 0.0713 e. The molecule has 0 aliphatic heterocycles. The van der Waals surface area contributed by atoms with Gasteiger partial charge >= 0.3 is 0 Å². The second kappa shape index (κ2) is 6.28. The van der Waals surface area contributed by atoms with Crippen molar-refractivity contribution in [1.82, 2.24) is 0 Å². The van der Waals surface area contributed by atoms with Crippen molar-refractivity contribution < 1.29 is 4.74 Å². The Bertz CT molecular complexity index is 918. The number of fused-ring (bicyclic) bond motifs is 1. The van der Waals surface area contributed by atoms with E-state index in [1.54, 1.807) is 18.4 Å². The average Bonchev–Trinajstić information content (AvgIpc) is 3.23. The molecule has 2 heterocycles. The molecule has 23 heavy (non-hydrogen) atoms. The molecule has 0 aliphatic carbocycles. The van der Waals surface area contributed by atoms with E-state index >= 15 is 0 Å². The minimum atomic E-state index is 0.655. The second-order valence-corrected chi connectivity index (χ2v) is 7.28. The Morgan fingerprint density at radius 2 is 1.74 bits per heavy atom. The summed E-state index contributed by atoms with van der Waals surface area (Å²) in [7, 11) is 1.73. The lowest BCUT2D eigenvalue weighted by atomic mass is 9.99. The smallest absolute Gasteiger partial charge is 0.0713 e. The molecule has 3 heteroatoms. The minimum Gasteiger partial charge on any atom is -0.380 e. The van der Waals surface area contributed by atoms with Crippen LogP contribution >= 0.6 is 22.7 Å². The van der Waals surface area contributed by atoms with Gasteiger partial charge in [0, 0.05) is 33.2 Å². The van der Waals surface area contributed by atoms with Gasteiger partial charge in [-0.3, -0.25) is 0 Å². The molecular formula is C20H16OS2. The first-order valence-electron chi connectivity index (χ1n) is 7.49. The minimum absolute atomic E-state index is 0.655. The summed E-state index contributed by atoms with van der Waals surface area (Å²) in [5, 5.41) is 5.71. The van der Waals surface area contributed by atoms with E-state index in [0.29, 0.717) is 6.61 Å². The molecule has 0 aliphatic rings. The van der Waals surface area contributed by atoms with Crippen LogP contribution in [0.5, 0.6) is 0 Å². The number of hydrogen-bond acceptors (Lipinski definition) is 3. The molecule has 0 spiro atoms. The van der Waals surface area contributed by atoms with Gasteiger partial charge < -0.3 is 4.74 Å². The van der Waals surface area contributed by atoms with Crippen molar-refractivity contribution in [3.63, 3.8) is 0 Å². The van der Waals surface area contributed by atoms with Crippen molar-refractivity contribution in [3.05, 3.63) is 70.9 Å². The van der Waals surface area contributed by atoms with Gasteiger partial charge in [-0.25, -0.2) is 0 Å². The van der Waals surface area contributed by atoms with Gasteiger partial charge in [-0.15, -0.1) is 11.3 Å². The number of methoxy groups -OCH3 is 1. The molecule has 0 saturated heterocycles. The fourth-order valence-electron chi connectivity index (χ4n) is 2.86. The average molecular weight is 336 g/mol. The molecule has 0 radical (unpaired) electrons. The van der Waals surface area contributed by atoms with Crippen molar-refractivity contribution in [2.24, 2.45) is 0 Å². The molecule has 4 aromatic rings. The second-order valence-electron chi connectivity index (χ2n) is 5.44. The highest BCUT2D eigenvalue weighted by Crippen LogP contribution is 2.45. The van der Waals surface area contributed by atoms with Crippen LogP contribution in [0.1, 0.15) is 5.56 Å². The maximum atomic E-state index is 5.21. The van der Waals surface area contributed by atoms with Crippen LogP contribution in [-0.2, 0) is 11.3 Å². The van der Waals surface area contributed by atoms with Crippen molar-refractivity contribution in [2.45, 2.75) is 6.61 Å². The first-order chi connectivity index (χ1) is 11.4. The standard InChI is InChI=1S/C20H16OS2/c1-21-12-14-6-8-15(9-7-14)19-17-4-2-3-5-18(17)23-20(19)16-10-11-22-13-16/h2-11,13H,12H2,1H3. The van der Waals surface area contributed by atoms with Crippen LogP contribution in [-0.4, -0.2) is 7.11 Å². The Morgan fingerprint density at radius 1 is 0.913 bits per heavy atom. The molecular weight excluding hydrogens is 320 g/mol. The van der Waals surface area contributed by atoms with Gasteiger partial charge in [0.1, 0.15) is 0 Å². The van der Waals surface area contributed by atoms with Gasteiger partial charge in [-0.2, -0.15) is 11.3 Å². The van der Waals surface area contributed by atoms with Crippen LogP contribution in [0.25, 0.3) is 31.7 Å². The van der Waals surface area contributed by atoms with Gasteiger partial charge in [0.15, 0.2) is 0 Å². The Morgan fingerprint density at radius 3 is 2.48 bits per heavy atom. The molecule has 114 valence electrons. The SMILES string of the molecule is COCc1ccc(-c2c(-c3ccsc3)sc3ccccc23)cc1. The van der Waals surface area contributed by atoms with Crippen LogP contribution in [0.15, 0.2) is 65.4 Å². The maximum absolute atomic E-state index is 5.21. The van der Waals surface area contributed by atoms with E-state index in [1.165, 1.54) is 37.2 Å². The third-order valence-electron chi connectivity index (χ3n) is 3.93. The van der Waals surface area contributed by atoms with E-state index in [-0.39, 0.29) is 0 Å². The summed E-state index contributed by atoms with van der Waals surface area (Å²) < 4.78 is 6.55. The van der Waals surface area contributed by atoms with Crippen LogP contribution < -0.4 is 0 Å². The molecule has 2 aromatic carbocycles. The fraction of sp³-hybridized carbons (Fsp3) is 0.100. The van der Waals surface area contributed by atoms with Crippen LogP contribution in [0.2, 0.25) is 0 Å². The van der Waals surface area contributed by atoms with Crippen molar-refractivity contribution >= 4 is 32.8 Å². The summed E-state index contributed by atoms with van der Waals surface area (Å²) in [6, 6.07) is 19.6. The fourth-order valence-corrected chi connectivity index (χ4v) is 4.81. The molecule has 2 aromatic heterocycles. The Kier molecular flexibility index (Phi) is 4.00. The predicted molar refractivity (Wildman–Crippen MR) is 101 cm³/mol. The molecule has 0 unspecified atom stereocenters. The molecule has 0 amide bonds. The van der Waals surface area contributed by atoms with Crippen molar-refractivity contribution in [3.8, 4) is 21.6 Å². The lowest BCUT2D eigenvalue weighted by Gasteiger charge is -2.06. The Balaban J connectivity index is 1.92. The third-order valence-corrected chi connectivity index (χ3v) is 5.84. The zero-order valence-electron chi connectivity index (χ0n) is 12.8. The molecule has 0 saturated carbocycles. The highest BCUT2D eigenvalue weighted by molar-refractivity contribution is 7.23. The summed E-state index contributed by atoms with van der Waals surface area (Å²) in [6.45, 7) is 0.655. The van der Waals surface area contributed by atoms with E-state index in [2.05, 4.69) is 65.4 Å². The zero-order chi connectivity index (χ0) is 15.6. The summed E-state index contributed by atoms with van der Waals surface area (Å²) in [4.78, 5) is 1.35. The van der Waals surface area contributed by atoms with E-state index in [4.69, 9.17) is 4.74 Å². The Labute approximate surface area is 143 Å². The topological polar surface area (TPSA) is 9.23 Å². The highest BCUT2D eigenvalue weighted by atomic mass is 32.1. The molecule has 0 N–H and O–H groups in total. The van der Waals surface area contributed by atoms with Crippen molar-refractivity contribution in [1.29, 1.82) is 0 Å². The lowest BCUT2D eigenvalue weighted by Crippen LogP contribution is -1.87. The molecule has 0 bridgehead atoms. The largest absolute Gasteiger partial charge is 0.380 e. The number of hydrogen-bond donors (Lipinski definition) is 0. The summed E-state index contributed by atoms with van der Waals surface area (Å²) in [6.07, 6.45) is 0. The molecule has 0 fully saturated rings. The first kappa shape index (κ1) is 14.6. The van der Waals surface area contributed by atoms with Crippen LogP contribution in [0, 0.1) is 0 Å². The van der Waals surface area contributed by atoms with E-state index in [1.807, 2.05) is 11.3 Å². The van der Waals surface area contributed by atoms with Gasteiger partial charge in [-0.1, -0.05) is 42.5 Å². The molecule has 4 rings (SSSR count). The number of ether oxygens (including phenoxy) is 1. The summed E-state index contributed by atoms with van der Waals surface area (Å²) >= 11 is 3.62. The Hall–Kier alpha value is -1.94. The van der Waals surface area contributed by atoms with E-state index in [0.717, 1.165) is 0 Å². The summed E-state index contributed by atoms with van der Waals surface area (Å²) in [5.74, 6) is 0. The third kappa shape index (κ3) is 2.72. The van der Waals surface area contributed by atoms with Crippen molar-refractivity contribution in [2.75, 3.05) is 7.11 Å². The zero-order valence-corrected chi connectivity index (χ0v) is 14.4. The number of benzene rings is 2. The first-order valence-corrected chi connectivity index (χ1v) is 9.25. The van der Waals surface area contributed by atoms with E-state index < -0.39 is 0 Å². The van der Waals surface area contributed by atoms with Gasteiger partial charge in [-0.05, 0) is 34.0 Å². The normalized spacial score (nSPS) is 11.2. The monoisotopic (exact) mass is 336 g/mol. The molecule has 0 atom stereocenters. The molecule has 1 nitrogen and oxygen atoms in total. The van der Waals surface area contributed by atoms with Gasteiger partial charge in [0.2, 0.25) is 0 Å². The number of rotatable bonds is 4. The van der Waals surface area contributed by atoms with Crippen LogP contribution in [0.4, 0.5) is 0 Å². The highest BCUT2D eigenvalue weighted by Gasteiger charge is 2.15. The predicted octanol–water partition coefficient (Wildman–Crippen LogP) is 6.44. The summed E-state index contributed by atoms with van der Waals surface area (Å²) in [5.41, 5.74) is 5.12. The quantitative estimate of drug-likeness (QED) is 0.416.